The number of benzene rings is 1. The van der Waals surface area contributed by atoms with Gasteiger partial charge < -0.3 is 10.1 Å². The molecule has 4 nitrogen and oxygen atoms in total. The molecular formula is C10H10BNO3. The number of methoxy groups -OCH3 is 1. The second-order valence-electron chi connectivity index (χ2n) is 2.91. The lowest BCUT2D eigenvalue weighted by Crippen LogP contribution is -2.20. The van der Waals surface area contributed by atoms with Crippen LogP contribution in [0.3, 0.4) is 0 Å². The van der Waals surface area contributed by atoms with E-state index in [0.29, 0.717) is 12.1 Å². The largest absolute Gasteiger partial charge is 0.465 e. The molecule has 0 aliphatic rings. The first-order chi connectivity index (χ1) is 7.13. The highest BCUT2D eigenvalue weighted by atomic mass is 16.5. The smallest absolute Gasteiger partial charge is 0.337 e. The Hall–Kier alpha value is -1.78. The van der Waals surface area contributed by atoms with E-state index >= 15 is 0 Å². The van der Waals surface area contributed by atoms with Crippen molar-refractivity contribution < 1.29 is 14.3 Å². The third kappa shape index (κ3) is 3.46. The third-order valence-electron chi connectivity index (χ3n) is 1.84. The summed E-state index contributed by atoms with van der Waals surface area (Å²) in [7, 11) is 6.24. The van der Waals surface area contributed by atoms with Gasteiger partial charge in [0, 0.05) is 6.54 Å². The fraction of sp³-hybridized carbons (Fsp3) is 0.200. The Morgan fingerprint density at radius 2 is 1.93 bits per heavy atom. The first kappa shape index (κ1) is 11.3. The molecule has 0 unspecified atom stereocenters. The maximum Gasteiger partial charge on any atom is 0.337 e. The SMILES string of the molecule is [B]C(=O)NCc1ccc(C(=O)OC)cc1. The van der Waals surface area contributed by atoms with E-state index in [-0.39, 0.29) is 5.97 Å². The highest BCUT2D eigenvalue weighted by Crippen LogP contribution is 2.05. The Bertz CT molecular complexity index is 361. The van der Waals surface area contributed by atoms with E-state index < -0.39 is 5.81 Å². The summed E-state index contributed by atoms with van der Waals surface area (Å²) < 4.78 is 4.55. The van der Waals surface area contributed by atoms with Crippen LogP contribution < -0.4 is 5.32 Å². The van der Waals surface area contributed by atoms with Crippen LogP contribution in [0.5, 0.6) is 0 Å². The maximum absolute atomic E-state index is 11.1. The molecule has 0 saturated carbocycles. The lowest BCUT2D eigenvalue weighted by molar-refractivity contribution is 0.0600. The van der Waals surface area contributed by atoms with Crippen LogP contribution in [0.4, 0.5) is 4.79 Å². The first-order valence-corrected chi connectivity index (χ1v) is 4.34. The number of carbonyl (C=O) groups is 2. The van der Waals surface area contributed by atoms with E-state index in [9.17, 15) is 9.59 Å². The molecule has 15 heavy (non-hydrogen) atoms. The van der Waals surface area contributed by atoms with Gasteiger partial charge in [-0.3, -0.25) is 4.79 Å². The Labute approximate surface area is 89.0 Å². The number of hydrogen-bond acceptors (Lipinski definition) is 3. The number of ether oxygens (including phenoxy) is 1. The van der Waals surface area contributed by atoms with Gasteiger partial charge in [0.15, 0.2) is 5.81 Å². The molecule has 1 aromatic carbocycles. The zero-order chi connectivity index (χ0) is 11.3. The number of nitrogens with one attached hydrogen (secondary N) is 1. The van der Waals surface area contributed by atoms with Crippen molar-refractivity contribution in [1.82, 2.24) is 5.32 Å². The van der Waals surface area contributed by atoms with Gasteiger partial charge in [-0.15, -0.1) is 0 Å². The van der Waals surface area contributed by atoms with Gasteiger partial charge in [0.1, 0.15) is 0 Å². The fourth-order valence-corrected chi connectivity index (χ4v) is 1.07. The number of carbonyl (C=O) groups excluding carboxylic acids is 2. The molecule has 0 fully saturated rings. The van der Waals surface area contributed by atoms with Gasteiger partial charge in [0.2, 0.25) is 7.85 Å². The number of esters is 1. The van der Waals surface area contributed by atoms with Crippen molar-refractivity contribution in [3.8, 4) is 0 Å². The van der Waals surface area contributed by atoms with E-state index in [4.69, 9.17) is 7.85 Å². The molecule has 2 radical (unpaired) electrons. The van der Waals surface area contributed by atoms with Crippen molar-refractivity contribution in [1.29, 1.82) is 0 Å². The summed E-state index contributed by atoms with van der Waals surface area (Å²) in [5.74, 6) is -0.962. The molecule has 0 heterocycles. The quantitative estimate of drug-likeness (QED) is 0.585. The van der Waals surface area contributed by atoms with Gasteiger partial charge in [-0.2, -0.15) is 0 Å². The lowest BCUT2D eigenvalue weighted by atomic mass is 10.1. The van der Waals surface area contributed by atoms with Crippen LogP contribution in [-0.4, -0.2) is 26.7 Å². The molecule has 76 valence electrons. The van der Waals surface area contributed by atoms with Crippen molar-refractivity contribution in [2.45, 2.75) is 6.54 Å². The molecule has 1 amide bonds. The minimum atomic E-state index is -0.577. The summed E-state index contributed by atoms with van der Waals surface area (Å²) in [6, 6.07) is 6.71. The van der Waals surface area contributed by atoms with E-state index in [1.54, 1.807) is 24.3 Å². The van der Waals surface area contributed by atoms with Gasteiger partial charge in [0.05, 0.1) is 12.7 Å². The Balaban J connectivity index is 2.64. The van der Waals surface area contributed by atoms with Crippen LogP contribution in [0.1, 0.15) is 15.9 Å². The van der Waals surface area contributed by atoms with Crippen LogP contribution in [0.2, 0.25) is 0 Å². The molecule has 0 bridgehead atoms. The summed E-state index contributed by atoms with van der Waals surface area (Å²) in [4.78, 5) is 21.5. The third-order valence-corrected chi connectivity index (χ3v) is 1.84. The summed E-state index contributed by atoms with van der Waals surface area (Å²) in [6.45, 7) is 0.344. The molecule has 0 spiro atoms. The normalized spacial score (nSPS) is 9.40. The fourth-order valence-electron chi connectivity index (χ4n) is 1.07. The van der Waals surface area contributed by atoms with E-state index in [2.05, 4.69) is 10.1 Å². The van der Waals surface area contributed by atoms with Crippen LogP contribution in [0.25, 0.3) is 0 Å². The molecule has 0 aromatic heterocycles. The summed E-state index contributed by atoms with van der Waals surface area (Å²) in [5, 5.41) is 2.45. The maximum atomic E-state index is 11.1. The minimum absolute atomic E-state index is 0.344. The average molecular weight is 203 g/mol. The van der Waals surface area contributed by atoms with Gasteiger partial charge in [-0.05, 0) is 17.7 Å². The molecule has 0 saturated heterocycles. The standard InChI is InChI=1S/C10H10BNO3/c1-15-9(13)8-4-2-7(3-5-8)6-12-10(11)14/h2-5H,6H2,1H3,(H,12,14). The monoisotopic (exact) mass is 203 g/mol. The second kappa shape index (κ2) is 5.19. The van der Waals surface area contributed by atoms with Crippen molar-refractivity contribution >= 4 is 19.6 Å². The van der Waals surface area contributed by atoms with Gasteiger partial charge in [-0.1, -0.05) is 12.1 Å². The molecule has 5 heteroatoms. The molecule has 0 atom stereocenters. The molecule has 0 aliphatic carbocycles. The minimum Gasteiger partial charge on any atom is -0.465 e. The number of hydrogen-bond donors (Lipinski definition) is 1. The molecule has 1 N–H and O–H groups in total. The van der Waals surface area contributed by atoms with E-state index in [1.807, 2.05) is 0 Å². The number of rotatable bonds is 3. The van der Waals surface area contributed by atoms with Gasteiger partial charge in [-0.25, -0.2) is 4.79 Å². The summed E-state index contributed by atoms with van der Waals surface area (Å²) >= 11 is 0. The van der Waals surface area contributed by atoms with Crippen LogP contribution in [0.15, 0.2) is 24.3 Å². The van der Waals surface area contributed by atoms with Crippen LogP contribution in [0, 0.1) is 0 Å². The molecule has 0 aliphatic heterocycles. The van der Waals surface area contributed by atoms with E-state index in [1.165, 1.54) is 7.11 Å². The zero-order valence-corrected chi connectivity index (χ0v) is 8.32. The van der Waals surface area contributed by atoms with Crippen molar-refractivity contribution in [2.75, 3.05) is 7.11 Å². The number of amides is 1. The topological polar surface area (TPSA) is 55.4 Å². The highest BCUT2D eigenvalue weighted by Gasteiger charge is 2.03. The molecule has 1 aromatic rings. The lowest BCUT2D eigenvalue weighted by Gasteiger charge is -2.03. The zero-order valence-electron chi connectivity index (χ0n) is 8.32. The predicted octanol–water partition coefficient (Wildman–Crippen LogP) is 0.851. The van der Waals surface area contributed by atoms with Crippen LogP contribution in [-0.2, 0) is 11.3 Å². The molecule has 1 rings (SSSR count). The van der Waals surface area contributed by atoms with Crippen molar-refractivity contribution in [3.05, 3.63) is 35.4 Å². The van der Waals surface area contributed by atoms with Crippen LogP contribution >= 0.6 is 0 Å². The van der Waals surface area contributed by atoms with Crippen molar-refractivity contribution in [3.63, 3.8) is 0 Å². The van der Waals surface area contributed by atoms with E-state index in [0.717, 1.165) is 5.56 Å². The average Bonchev–Trinajstić information content (AvgIpc) is 2.26. The Kier molecular flexibility index (Phi) is 3.91. The molecular weight excluding hydrogens is 193 g/mol. The Morgan fingerprint density at radius 1 is 1.33 bits per heavy atom. The summed E-state index contributed by atoms with van der Waals surface area (Å²) in [6.07, 6.45) is 0. The Morgan fingerprint density at radius 3 is 2.40 bits per heavy atom. The first-order valence-electron chi connectivity index (χ1n) is 4.34. The van der Waals surface area contributed by atoms with Crippen molar-refractivity contribution in [2.24, 2.45) is 0 Å². The van der Waals surface area contributed by atoms with Gasteiger partial charge >= 0.3 is 5.97 Å². The van der Waals surface area contributed by atoms with Gasteiger partial charge in [0.25, 0.3) is 0 Å². The predicted molar refractivity (Wildman–Crippen MR) is 55.8 cm³/mol. The highest BCUT2D eigenvalue weighted by molar-refractivity contribution is 6.57. The second-order valence-corrected chi connectivity index (χ2v) is 2.91. The summed E-state index contributed by atoms with van der Waals surface area (Å²) in [5.41, 5.74) is 1.33.